The van der Waals surface area contributed by atoms with Crippen LogP contribution < -0.4 is 4.90 Å². The molecule has 0 saturated carbocycles. The van der Waals surface area contributed by atoms with Crippen molar-refractivity contribution in [2.24, 2.45) is 0 Å². The summed E-state index contributed by atoms with van der Waals surface area (Å²) in [5.74, 6) is 0. The molecule has 160 valence electrons. The highest BCUT2D eigenvalue weighted by Crippen LogP contribution is 2.34. The normalized spacial score (nSPS) is 17.7. The van der Waals surface area contributed by atoms with E-state index in [0.717, 1.165) is 5.56 Å². The fourth-order valence-electron chi connectivity index (χ4n) is 3.34. The van der Waals surface area contributed by atoms with Crippen LogP contribution in [0.4, 0.5) is 18.9 Å². The van der Waals surface area contributed by atoms with Crippen LogP contribution in [0.5, 0.6) is 0 Å². The Bertz CT molecular complexity index is 1090. The molecule has 5 nitrogen and oxygen atoms in total. The molecular weight excluding hydrogens is 462 g/mol. The first-order chi connectivity index (χ1) is 14.0. The first-order valence-corrected chi connectivity index (χ1v) is 11.0. The van der Waals surface area contributed by atoms with Crippen LogP contribution in [0.3, 0.4) is 0 Å². The number of halogens is 5. The Hall–Kier alpha value is -1.99. The van der Waals surface area contributed by atoms with Gasteiger partial charge in [-0.2, -0.15) is 22.7 Å². The third-order valence-electron chi connectivity index (χ3n) is 4.90. The predicted molar refractivity (Wildman–Crippen MR) is 109 cm³/mol. The van der Waals surface area contributed by atoms with E-state index in [4.69, 9.17) is 28.5 Å². The topological polar surface area (TPSA) is 64.4 Å². The van der Waals surface area contributed by atoms with Crippen molar-refractivity contribution in [2.75, 3.05) is 18.0 Å². The molecule has 0 aliphatic carbocycles. The van der Waals surface area contributed by atoms with Crippen molar-refractivity contribution < 1.29 is 21.6 Å². The lowest BCUT2D eigenvalue weighted by atomic mass is 10.1. The number of nitriles is 1. The van der Waals surface area contributed by atoms with Crippen molar-refractivity contribution in [3.8, 4) is 6.07 Å². The number of rotatable bonds is 5. The fraction of sp³-hybridized carbons (Fsp3) is 0.316. The van der Waals surface area contributed by atoms with Gasteiger partial charge in [-0.3, -0.25) is 0 Å². The maximum absolute atomic E-state index is 13.0. The monoisotopic (exact) mass is 477 g/mol. The van der Waals surface area contributed by atoms with E-state index in [9.17, 15) is 21.6 Å². The van der Waals surface area contributed by atoms with Crippen LogP contribution in [0, 0.1) is 11.3 Å². The highest BCUT2D eigenvalue weighted by molar-refractivity contribution is 7.90. The summed E-state index contributed by atoms with van der Waals surface area (Å²) in [6, 6.07) is 13.1. The molecule has 0 unspecified atom stereocenters. The van der Waals surface area contributed by atoms with Crippen molar-refractivity contribution in [2.45, 2.75) is 24.5 Å². The molecule has 0 N–H and O–H groups in total. The van der Waals surface area contributed by atoms with E-state index in [0.29, 0.717) is 15.0 Å². The summed E-state index contributed by atoms with van der Waals surface area (Å²) >= 11 is 12.4. The van der Waals surface area contributed by atoms with Crippen LogP contribution in [0.1, 0.15) is 17.5 Å². The number of hydrogen-bond donors (Lipinski definition) is 0. The lowest BCUT2D eigenvalue weighted by Crippen LogP contribution is -2.42. The number of benzene rings is 2. The van der Waals surface area contributed by atoms with Gasteiger partial charge < -0.3 is 4.90 Å². The van der Waals surface area contributed by atoms with Crippen molar-refractivity contribution in [3.63, 3.8) is 0 Å². The van der Waals surface area contributed by atoms with Crippen LogP contribution in [0.2, 0.25) is 10.0 Å². The number of anilines is 1. The highest BCUT2D eigenvalue weighted by Gasteiger charge is 2.52. The third kappa shape index (κ3) is 4.52. The number of sulfonamides is 1. The van der Waals surface area contributed by atoms with Gasteiger partial charge in [-0.15, -0.1) is 0 Å². The first-order valence-electron chi connectivity index (χ1n) is 8.80. The molecule has 3 rings (SSSR count). The Labute approximate surface area is 182 Å². The highest BCUT2D eigenvalue weighted by atomic mass is 35.5. The Balaban J connectivity index is 1.96. The quantitative estimate of drug-likeness (QED) is 0.620. The summed E-state index contributed by atoms with van der Waals surface area (Å²) in [7, 11) is -5.41. The van der Waals surface area contributed by atoms with Gasteiger partial charge in [0.25, 0.3) is 0 Å². The van der Waals surface area contributed by atoms with Crippen LogP contribution in [0.15, 0.2) is 42.5 Å². The molecule has 1 heterocycles. The van der Waals surface area contributed by atoms with Gasteiger partial charge in [0.1, 0.15) is 6.07 Å². The van der Waals surface area contributed by atoms with Gasteiger partial charge in [0.2, 0.25) is 0 Å². The van der Waals surface area contributed by atoms with Crippen molar-refractivity contribution in [1.29, 1.82) is 5.26 Å². The lowest BCUT2D eigenvalue weighted by Gasteiger charge is -2.32. The second-order valence-corrected chi connectivity index (χ2v) is 9.49. The molecule has 1 fully saturated rings. The summed E-state index contributed by atoms with van der Waals surface area (Å²) in [5, 5.41) is 9.75. The van der Waals surface area contributed by atoms with E-state index >= 15 is 0 Å². The molecule has 30 heavy (non-hydrogen) atoms. The van der Waals surface area contributed by atoms with E-state index in [1.807, 2.05) is 6.07 Å². The number of nitrogens with zero attached hydrogens (tertiary/aromatic N) is 3. The first kappa shape index (κ1) is 22.7. The smallest absolute Gasteiger partial charge is 0.363 e. The summed E-state index contributed by atoms with van der Waals surface area (Å²) in [6.07, 6.45) is 0.192. The molecule has 1 aliphatic heterocycles. The van der Waals surface area contributed by atoms with E-state index in [2.05, 4.69) is 0 Å². The number of hydrogen-bond acceptors (Lipinski definition) is 4. The van der Waals surface area contributed by atoms with Crippen LogP contribution in [-0.4, -0.2) is 37.4 Å². The van der Waals surface area contributed by atoms with E-state index in [1.54, 1.807) is 35.2 Å². The Morgan fingerprint density at radius 3 is 2.47 bits per heavy atom. The molecular formula is C19H16Cl2F3N3O2S. The van der Waals surface area contributed by atoms with Crippen molar-refractivity contribution in [1.82, 2.24) is 4.31 Å². The molecule has 0 spiro atoms. The maximum Gasteiger partial charge on any atom is 0.511 e. The van der Waals surface area contributed by atoms with Gasteiger partial charge in [-0.05, 0) is 36.2 Å². The van der Waals surface area contributed by atoms with Gasteiger partial charge in [0.15, 0.2) is 0 Å². The summed E-state index contributed by atoms with van der Waals surface area (Å²) in [5.41, 5.74) is -3.83. The van der Waals surface area contributed by atoms with Gasteiger partial charge >= 0.3 is 15.5 Å². The fourth-order valence-corrected chi connectivity index (χ4v) is 4.76. The van der Waals surface area contributed by atoms with Gasteiger partial charge in [0.05, 0.1) is 10.6 Å². The molecule has 1 aliphatic rings. The largest absolute Gasteiger partial charge is 0.511 e. The average molecular weight is 478 g/mol. The maximum atomic E-state index is 13.0. The zero-order valence-electron chi connectivity index (χ0n) is 15.4. The molecule has 1 saturated heterocycles. The minimum atomic E-state index is -5.41. The predicted octanol–water partition coefficient (Wildman–Crippen LogP) is 4.80. The third-order valence-corrected chi connectivity index (χ3v) is 7.18. The molecule has 2 aromatic carbocycles. The van der Waals surface area contributed by atoms with Gasteiger partial charge in [-0.25, -0.2) is 8.42 Å². The van der Waals surface area contributed by atoms with Crippen LogP contribution in [0.25, 0.3) is 0 Å². The van der Waals surface area contributed by atoms with Gasteiger partial charge in [-0.1, -0.05) is 41.4 Å². The van der Waals surface area contributed by atoms with Crippen LogP contribution in [-0.2, 0) is 16.6 Å². The average Bonchev–Trinajstić information content (AvgIpc) is 3.17. The molecule has 1 atom stereocenters. The molecule has 0 radical (unpaired) electrons. The second kappa shape index (κ2) is 8.63. The minimum Gasteiger partial charge on any atom is -0.363 e. The van der Waals surface area contributed by atoms with E-state index in [1.165, 1.54) is 12.1 Å². The minimum absolute atomic E-state index is 0.192. The molecule has 2 aromatic rings. The molecule has 0 bridgehead atoms. The van der Waals surface area contributed by atoms with Crippen molar-refractivity contribution >= 4 is 38.9 Å². The lowest BCUT2D eigenvalue weighted by molar-refractivity contribution is -0.0483. The second-order valence-electron chi connectivity index (χ2n) is 6.75. The van der Waals surface area contributed by atoms with Gasteiger partial charge in [0, 0.05) is 36.4 Å². The molecule has 0 amide bonds. The zero-order chi connectivity index (χ0) is 22.1. The number of alkyl halides is 3. The van der Waals surface area contributed by atoms with E-state index < -0.39 is 21.6 Å². The van der Waals surface area contributed by atoms with Crippen molar-refractivity contribution in [3.05, 3.63) is 63.6 Å². The standard InChI is InChI=1S/C19H16Cl2F3N3O2S/c20-17-4-2-1-3-14(17)11-27(15-6-5-13(10-25)18(21)9-15)16-7-8-26(12-16)30(28,29)19(22,23)24/h1-6,9,16H,7-8,11-12H2/t16-/m0/s1. The zero-order valence-corrected chi connectivity index (χ0v) is 17.7. The summed E-state index contributed by atoms with van der Waals surface area (Å²) in [4.78, 5) is 1.76. The molecule has 0 aromatic heterocycles. The Morgan fingerprint density at radius 1 is 1.17 bits per heavy atom. The molecule has 11 heteroatoms. The van der Waals surface area contributed by atoms with E-state index in [-0.39, 0.29) is 36.6 Å². The summed E-state index contributed by atoms with van der Waals surface area (Å²) < 4.78 is 63.0. The Kier molecular flexibility index (Phi) is 6.53. The Morgan fingerprint density at radius 2 is 1.87 bits per heavy atom. The van der Waals surface area contributed by atoms with Crippen LogP contribution >= 0.6 is 23.2 Å². The summed E-state index contributed by atoms with van der Waals surface area (Å²) in [6.45, 7) is -0.355. The SMILES string of the molecule is N#Cc1ccc(N(Cc2ccccc2Cl)[C@H]2CCN(S(=O)(=O)C(F)(F)F)C2)cc1Cl.